The van der Waals surface area contributed by atoms with Gasteiger partial charge in [0, 0.05) is 23.8 Å². The zero-order valence-electron chi connectivity index (χ0n) is 15.1. The number of amides is 1. The van der Waals surface area contributed by atoms with Crippen molar-refractivity contribution in [1.82, 2.24) is 4.98 Å². The fourth-order valence-electron chi connectivity index (χ4n) is 3.07. The van der Waals surface area contributed by atoms with Crippen molar-refractivity contribution in [2.24, 2.45) is 11.5 Å². The number of nitrogens with two attached hydrogens (primary N) is 2. The number of para-hydroxylation sites is 1. The molecule has 140 valence electrons. The molecule has 0 bridgehead atoms. The van der Waals surface area contributed by atoms with Crippen LogP contribution in [-0.2, 0) is 0 Å². The number of anilines is 1. The van der Waals surface area contributed by atoms with Crippen LogP contribution in [0.3, 0.4) is 0 Å². The normalized spacial score (nSPS) is 12.0. The maximum atomic E-state index is 14.1. The van der Waals surface area contributed by atoms with E-state index in [2.05, 4.69) is 10.3 Å². The van der Waals surface area contributed by atoms with Gasteiger partial charge in [-0.15, -0.1) is 0 Å². The lowest BCUT2D eigenvalue weighted by molar-refractivity contribution is 0.100. The average molecular weight is 368 g/mol. The predicted molar refractivity (Wildman–Crippen MR) is 103 cm³/mol. The van der Waals surface area contributed by atoms with Crippen LogP contribution in [0.1, 0.15) is 27.5 Å². The van der Waals surface area contributed by atoms with Gasteiger partial charge in [0.1, 0.15) is 0 Å². The first-order chi connectivity index (χ1) is 13.0. The van der Waals surface area contributed by atoms with Crippen LogP contribution in [0.5, 0.6) is 5.75 Å². The number of benzene rings is 2. The molecule has 0 spiro atoms. The maximum Gasteiger partial charge on any atom is 0.250 e. The molecule has 1 aromatic heterocycles. The van der Waals surface area contributed by atoms with E-state index in [9.17, 15) is 9.18 Å². The van der Waals surface area contributed by atoms with Crippen molar-refractivity contribution in [1.29, 1.82) is 0 Å². The molecule has 0 aliphatic rings. The molecule has 0 fully saturated rings. The van der Waals surface area contributed by atoms with Gasteiger partial charge in [0.15, 0.2) is 11.6 Å². The number of aryl methyl sites for hydroxylation is 1. The van der Waals surface area contributed by atoms with E-state index in [1.165, 1.54) is 13.2 Å². The Bertz CT molecular complexity index is 1010. The van der Waals surface area contributed by atoms with Gasteiger partial charge >= 0.3 is 0 Å². The lowest BCUT2D eigenvalue weighted by Gasteiger charge is -2.22. The number of carbonyl (C=O) groups excluding carboxylic acids is 1. The Labute approximate surface area is 156 Å². The summed E-state index contributed by atoms with van der Waals surface area (Å²) in [6.07, 6.45) is 1.67. The number of aromatic nitrogens is 1. The summed E-state index contributed by atoms with van der Waals surface area (Å²) in [6, 6.07) is 9.63. The highest BCUT2D eigenvalue weighted by atomic mass is 19.1. The van der Waals surface area contributed by atoms with Crippen LogP contribution in [-0.4, -0.2) is 24.5 Å². The highest BCUT2D eigenvalue weighted by Crippen LogP contribution is 2.31. The summed E-state index contributed by atoms with van der Waals surface area (Å²) in [5.41, 5.74) is 14.6. The molecule has 0 unspecified atom stereocenters. The van der Waals surface area contributed by atoms with E-state index in [0.29, 0.717) is 16.6 Å². The zero-order chi connectivity index (χ0) is 19.6. The third-order valence-electron chi connectivity index (χ3n) is 4.48. The SMILES string of the molecule is COc1ccc([C@@H](CN)Nc2c(C)cnc3c(C(N)=O)cccc23)cc1F. The lowest BCUT2D eigenvalue weighted by atomic mass is 10.0. The van der Waals surface area contributed by atoms with Crippen molar-refractivity contribution >= 4 is 22.5 Å². The first-order valence-electron chi connectivity index (χ1n) is 8.44. The Balaban J connectivity index is 2.06. The number of methoxy groups -OCH3 is 1. The van der Waals surface area contributed by atoms with E-state index in [0.717, 1.165) is 16.6 Å². The molecule has 3 aromatic rings. The van der Waals surface area contributed by atoms with Gasteiger partial charge in [0.25, 0.3) is 5.91 Å². The molecule has 2 aromatic carbocycles. The monoisotopic (exact) mass is 368 g/mol. The summed E-state index contributed by atoms with van der Waals surface area (Å²) in [5.74, 6) is -0.829. The molecule has 1 amide bonds. The second-order valence-corrected chi connectivity index (χ2v) is 6.21. The van der Waals surface area contributed by atoms with Gasteiger partial charge in [0.2, 0.25) is 0 Å². The maximum absolute atomic E-state index is 14.1. The van der Waals surface area contributed by atoms with E-state index in [1.807, 2.05) is 13.0 Å². The zero-order valence-corrected chi connectivity index (χ0v) is 15.1. The highest BCUT2D eigenvalue weighted by molar-refractivity contribution is 6.07. The van der Waals surface area contributed by atoms with Crippen molar-refractivity contribution in [3.63, 3.8) is 0 Å². The summed E-state index contributed by atoms with van der Waals surface area (Å²) in [5, 5.41) is 4.11. The van der Waals surface area contributed by atoms with Crippen molar-refractivity contribution in [2.45, 2.75) is 13.0 Å². The molecule has 6 nitrogen and oxygen atoms in total. The third-order valence-corrected chi connectivity index (χ3v) is 4.48. The molecule has 5 N–H and O–H groups in total. The Morgan fingerprint density at radius 3 is 2.74 bits per heavy atom. The average Bonchev–Trinajstić information content (AvgIpc) is 2.66. The van der Waals surface area contributed by atoms with Crippen molar-refractivity contribution < 1.29 is 13.9 Å². The Hall–Kier alpha value is -3.19. The van der Waals surface area contributed by atoms with Crippen LogP contribution < -0.4 is 21.5 Å². The van der Waals surface area contributed by atoms with E-state index in [-0.39, 0.29) is 18.3 Å². The molecular formula is C20H21FN4O2. The summed E-state index contributed by atoms with van der Waals surface area (Å²) >= 11 is 0. The number of hydrogen-bond donors (Lipinski definition) is 3. The fourth-order valence-corrected chi connectivity index (χ4v) is 3.07. The number of rotatable bonds is 6. The van der Waals surface area contributed by atoms with E-state index in [1.54, 1.807) is 30.5 Å². The number of pyridine rings is 1. The number of carbonyl (C=O) groups is 1. The number of nitrogens with one attached hydrogen (secondary N) is 1. The van der Waals surface area contributed by atoms with Crippen molar-refractivity contribution in [2.75, 3.05) is 19.0 Å². The van der Waals surface area contributed by atoms with E-state index in [4.69, 9.17) is 16.2 Å². The molecule has 3 rings (SSSR count). The third kappa shape index (κ3) is 3.54. The number of fused-ring (bicyclic) bond motifs is 1. The van der Waals surface area contributed by atoms with Crippen LogP contribution in [0.25, 0.3) is 10.9 Å². The van der Waals surface area contributed by atoms with E-state index < -0.39 is 11.7 Å². The van der Waals surface area contributed by atoms with Gasteiger partial charge in [-0.05, 0) is 36.2 Å². The fraction of sp³-hybridized carbons (Fsp3) is 0.200. The first-order valence-corrected chi connectivity index (χ1v) is 8.44. The lowest BCUT2D eigenvalue weighted by Crippen LogP contribution is -2.21. The topological polar surface area (TPSA) is 103 Å². The summed E-state index contributed by atoms with van der Waals surface area (Å²) < 4.78 is 19.1. The molecule has 0 aliphatic heterocycles. The number of ether oxygens (including phenoxy) is 1. The standard InChI is InChI=1S/C20H21FN4O2/c1-11-10-24-19-13(4-3-5-14(19)20(23)26)18(11)25-16(9-22)12-6-7-17(27-2)15(21)8-12/h3-8,10,16H,9,22H2,1-2H3,(H2,23,26)(H,24,25)/t16-/m1/s1. The van der Waals surface area contributed by atoms with Crippen molar-refractivity contribution in [3.05, 3.63) is 65.1 Å². The van der Waals surface area contributed by atoms with Crippen LogP contribution in [0, 0.1) is 12.7 Å². The molecule has 0 saturated heterocycles. The number of hydrogen-bond acceptors (Lipinski definition) is 5. The molecule has 0 aliphatic carbocycles. The minimum atomic E-state index is -0.546. The number of nitrogens with zero attached hydrogens (tertiary/aromatic N) is 1. The van der Waals surface area contributed by atoms with Crippen LogP contribution in [0.15, 0.2) is 42.6 Å². The predicted octanol–water partition coefficient (Wildman–Crippen LogP) is 2.90. The number of primary amides is 1. The molecule has 7 heteroatoms. The molecule has 1 heterocycles. The van der Waals surface area contributed by atoms with E-state index >= 15 is 0 Å². The molecule has 27 heavy (non-hydrogen) atoms. The molecule has 0 radical (unpaired) electrons. The van der Waals surface area contributed by atoms with Gasteiger partial charge in [-0.25, -0.2) is 4.39 Å². The Morgan fingerprint density at radius 1 is 1.33 bits per heavy atom. The summed E-state index contributed by atoms with van der Waals surface area (Å²) in [4.78, 5) is 16.1. The van der Waals surface area contributed by atoms with Crippen molar-refractivity contribution in [3.8, 4) is 5.75 Å². The minimum absolute atomic E-state index is 0.172. The van der Waals surface area contributed by atoms with Gasteiger partial charge < -0.3 is 21.5 Å². The van der Waals surface area contributed by atoms with Crippen LogP contribution in [0.4, 0.5) is 10.1 Å². The minimum Gasteiger partial charge on any atom is -0.494 e. The summed E-state index contributed by atoms with van der Waals surface area (Å²) in [7, 11) is 1.42. The summed E-state index contributed by atoms with van der Waals surface area (Å²) in [6.45, 7) is 2.14. The van der Waals surface area contributed by atoms with Crippen LogP contribution >= 0.6 is 0 Å². The molecule has 0 saturated carbocycles. The van der Waals surface area contributed by atoms with Gasteiger partial charge in [-0.2, -0.15) is 0 Å². The Kier molecular flexibility index (Phi) is 5.23. The van der Waals surface area contributed by atoms with Gasteiger partial charge in [0.05, 0.1) is 24.2 Å². The smallest absolute Gasteiger partial charge is 0.250 e. The Morgan fingerprint density at radius 2 is 2.11 bits per heavy atom. The van der Waals surface area contributed by atoms with Gasteiger partial charge in [-0.1, -0.05) is 18.2 Å². The highest BCUT2D eigenvalue weighted by Gasteiger charge is 2.17. The first kappa shape index (κ1) is 18.6. The second-order valence-electron chi connectivity index (χ2n) is 6.21. The molecular weight excluding hydrogens is 347 g/mol. The number of halogens is 1. The van der Waals surface area contributed by atoms with Crippen LogP contribution in [0.2, 0.25) is 0 Å². The second kappa shape index (κ2) is 7.59. The molecule has 1 atom stereocenters. The quantitative estimate of drug-likeness (QED) is 0.621. The van der Waals surface area contributed by atoms with Gasteiger partial charge in [-0.3, -0.25) is 9.78 Å². The largest absolute Gasteiger partial charge is 0.494 e.